The number of nitro groups is 1. The van der Waals surface area contributed by atoms with Crippen LogP contribution in [0.4, 0.5) is 10.1 Å². The van der Waals surface area contributed by atoms with Crippen molar-refractivity contribution in [3.63, 3.8) is 0 Å². The molecule has 0 saturated heterocycles. The number of nitro benzene ring substituents is 1. The predicted octanol–water partition coefficient (Wildman–Crippen LogP) is 0.916. The van der Waals surface area contributed by atoms with Crippen LogP contribution in [0.2, 0.25) is 0 Å². The largest absolute Gasteiger partial charge is 0.348 e. The highest BCUT2D eigenvalue weighted by Gasteiger charge is 2.15. The quantitative estimate of drug-likeness (QED) is 0.621. The average Bonchev–Trinajstić information content (AvgIpc) is 2.58. The first-order valence-corrected chi connectivity index (χ1v) is 4.59. The normalized spacial score (nSPS) is 10.5. The number of halogens is 1. The van der Waals surface area contributed by atoms with Crippen LogP contribution >= 0.6 is 0 Å². The molecule has 2 aromatic rings. The summed E-state index contributed by atoms with van der Waals surface area (Å²) >= 11 is 0. The molecule has 0 aliphatic carbocycles. The van der Waals surface area contributed by atoms with Crippen LogP contribution in [0.25, 0.3) is 5.69 Å². The Morgan fingerprint density at radius 3 is 2.76 bits per heavy atom. The van der Waals surface area contributed by atoms with E-state index in [2.05, 4.69) is 10.1 Å². The third-order valence-electron chi connectivity index (χ3n) is 2.10. The van der Waals surface area contributed by atoms with Crippen LogP contribution in [0.3, 0.4) is 0 Å². The Balaban J connectivity index is 2.66. The van der Waals surface area contributed by atoms with Crippen molar-refractivity contribution in [1.82, 2.24) is 14.8 Å². The fourth-order valence-corrected chi connectivity index (χ4v) is 1.37. The van der Waals surface area contributed by atoms with E-state index in [-0.39, 0.29) is 11.4 Å². The summed E-state index contributed by atoms with van der Waals surface area (Å²) in [4.78, 5) is 23.6. The van der Waals surface area contributed by atoms with Crippen LogP contribution in [-0.4, -0.2) is 19.7 Å². The number of aryl methyl sites for hydroxylation is 1. The topological polar surface area (TPSA) is 93.8 Å². The number of hydrogen-bond acceptors (Lipinski definition) is 4. The van der Waals surface area contributed by atoms with Crippen molar-refractivity contribution in [2.75, 3.05) is 0 Å². The number of rotatable bonds is 2. The average molecular weight is 238 g/mol. The first kappa shape index (κ1) is 11.0. The fourth-order valence-electron chi connectivity index (χ4n) is 1.37. The van der Waals surface area contributed by atoms with E-state index in [9.17, 15) is 19.3 Å². The molecule has 1 heterocycles. The molecule has 88 valence electrons. The highest BCUT2D eigenvalue weighted by Crippen LogP contribution is 2.18. The molecule has 1 N–H and O–H groups in total. The third kappa shape index (κ3) is 1.92. The van der Waals surface area contributed by atoms with E-state index in [1.807, 2.05) is 0 Å². The highest BCUT2D eigenvalue weighted by atomic mass is 19.1. The lowest BCUT2D eigenvalue weighted by atomic mass is 10.2. The number of non-ortho nitro benzene ring substituents is 1. The minimum atomic E-state index is -0.760. The summed E-state index contributed by atoms with van der Waals surface area (Å²) in [5.41, 5.74) is -1.22. The van der Waals surface area contributed by atoms with Gasteiger partial charge in [0.15, 0.2) is 0 Å². The molecule has 2 rings (SSSR count). The molecule has 0 aliphatic rings. The number of nitrogens with zero attached hydrogens (tertiary/aromatic N) is 3. The van der Waals surface area contributed by atoms with Crippen LogP contribution in [-0.2, 0) is 0 Å². The molecule has 0 amide bonds. The zero-order valence-corrected chi connectivity index (χ0v) is 8.68. The predicted molar refractivity (Wildman–Crippen MR) is 55.5 cm³/mol. The molecule has 7 nitrogen and oxygen atoms in total. The Morgan fingerprint density at radius 2 is 2.24 bits per heavy atom. The van der Waals surface area contributed by atoms with Crippen molar-refractivity contribution in [2.24, 2.45) is 0 Å². The summed E-state index contributed by atoms with van der Waals surface area (Å²) in [6.45, 7) is 1.52. The number of nitrogens with one attached hydrogen (secondary N) is 1. The van der Waals surface area contributed by atoms with Gasteiger partial charge in [0.25, 0.3) is 5.69 Å². The molecular weight excluding hydrogens is 231 g/mol. The molecule has 0 spiro atoms. The van der Waals surface area contributed by atoms with E-state index < -0.39 is 16.4 Å². The Labute approximate surface area is 93.7 Å². The smallest absolute Gasteiger partial charge is 0.293 e. The van der Waals surface area contributed by atoms with Gasteiger partial charge in [-0.1, -0.05) is 0 Å². The van der Waals surface area contributed by atoms with Crippen molar-refractivity contribution >= 4 is 5.69 Å². The molecule has 0 radical (unpaired) electrons. The zero-order chi connectivity index (χ0) is 12.6. The molecule has 0 unspecified atom stereocenters. The third-order valence-corrected chi connectivity index (χ3v) is 2.10. The van der Waals surface area contributed by atoms with E-state index >= 15 is 0 Å². The molecular formula is C9H7FN4O3. The second kappa shape index (κ2) is 3.81. The summed E-state index contributed by atoms with van der Waals surface area (Å²) in [7, 11) is 0. The summed E-state index contributed by atoms with van der Waals surface area (Å²) in [6.07, 6.45) is 0. The minimum Gasteiger partial charge on any atom is -0.293 e. The first-order valence-electron chi connectivity index (χ1n) is 4.59. The summed E-state index contributed by atoms with van der Waals surface area (Å²) in [5.74, 6) is -0.467. The molecule has 0 bridgehead atoms. The summed E-state index contributed by atoms with van der Waals surface area (Å²) < 4.78 is 14.2. The number of H-pyrrole nitrogens is 1. The van der Waals surface area contributed by atoms with Gasteiger partial charge in [0, 0.05) is 12.1 Å². The monoisotopic (exact) mass is 238 g/mol. The number of hydrogen-bond donors (Lipinski definition) is 1. The van der Waals surface area contributed by atoms with Gasteiger partial charge < -0.3 is 0 Å². The van der Waals surface area contributed by atoms with Crippen molar-refractivity contribution in [3.8, 4) is 5.69 Å². The Hall–Kier alpha value is -2.51. The number of aromatic amines is 1. The molecule has 8 heteroatoms. The van der Waals surface area contributed by atoms with Crippen molar-refractivity contribution < 1.29 is 9.31 Å². The first-order chi connectivity index (χ1) is 7.99. The van der Waals surface area contributed by atoms with Crippen molar-refractivity contribution in [3.05, 3.63) is 50.4 Å². The molecule has 0 atom stereocenters. The van der Waals surface area contributed by atoms with Crippen LogP contribution < -0.4 is 5.69 Å². The van der Waals surface area contributed by atoms with E-state index in [1.165, 1.54) is 6.92 Å². The lowest BCUT2D eigenvalue weighted by molar-refractivity contribution is -0.384. The zero-order valence-electron chi connectivity index (χ0n) is 8.68. The van der Waals surface area contributed by atoms with Gasteiger partial charge in [-0.2, -0.15) is 9.78 Å². The summed E-state index contributed by atoms with van der Waals surface area (Å²) in [6, 6.07) is 2.89. The maximum atomic E-state index is 13.5. The molecule has 1 aromatic heterocycles. The number of benzene rings is 1. The van der Waals surface area contributed by atoms with Gasteiger partial charge in [-0.25, -0.2) is 9.18 Å². The van der Waals surface area contributed by atoms with E-state index in [0.29, 0.717) is 5.82 Å². The second-order valence-electron chi connectivity index (χ2n) is 3.32. The van der Waals surface area contributed by atoms with Gasteiger partial charge in [0.05, 0.1) is 4.92 Å². The van der Waals surface area contributed by atoms with Crippen LogP contribution in [0, 0.1) is 22.9 Å². The van der Waals surface area contributed by atoms with Crippen LogP contribution in [0.15, 0.2) is 23.0 Å². The van der Waals surface area contributed by atoms with Gasteiger partial charge >= 0.3 is 5.69 Å². The van der Waals surface area contributed by atoms with Gasteiger partial charge in [0.1, 0.15) is 17.3 Å². The van der Waals surface area contributed by atoms with Crippen molar-refractivity contribution in [2.45, 2.75) is 6.92 Å². The lowest BCUT2D eigenvalue weighted by Gasteiger charge is -2.00. The van der Waals surface area contributed by atoms with Gasteiger partial charge in [-0.15, -0.1) is 0 Å². The Kier molecular flexibility index (Phi) is 2.47. The molecule has 0 saturated carbocycles. The number of aromatic nitrogens is 3. The van der Waals surface area contributed by atoms with E-state index in [4.69, 9.17) is 0 Å². The van der Waals surface area contributed by atoms with Crippen LogP contribution in [0.5, 0.6) is 0 Å². The van der Waals surface area contributed by atoms with Gasteiger partial charge in [-0.05, 0) is 13.0 Å². The molecule has 1 aromatic carbocycles. The SMILES string of the molecule is Cc1nn(-c2cc([N+](=O)[O-])ccc2F)c(=O)[nH]1. The second-order valence-corrected chi connectivity index (χ2v) is 3.32. The molecule has 17 heavy (non-hydrogen) atoms. The fraction of sp³-hybridized carbons (Fsp3) is 0.111. The minimum absolute atomic E-state index is 0.256. The maximum Gasteiger partial charge on any atom is 0.348 e. The lowest BCUT2D eigenvalue weighted by Crippen LogP contribution is -2.17. The van der Waals surface area contributed by atoms with Crippen LogP contribution in [0.1, 0.15) is 5.82 Å². The maximum absolute atomic E-state index is 13.5. The van der Waals surface area contributed by atoms with Crippen molar-refractivity contribution in [1.29, 1.82) is 0 Å². The Bertz CT molecular complexity index is 646. The van der Waals surface area contributed by atoms with E-state index in [0.717, 1.165) is 22.9 Å². The summed E-state index contributed by atoms with van der Waals surface area (Å²) in [5, 5.41) is 14.3. The standard InChI is InChI=1S/C9H7FN4O3/c1-5-11-9(15)13(12-5)8-4-6(14(16)17)2-3-7(8)10/h2-4H,1H3,(H,11,12,15). The highest BCUT2D eigenvalue weighted by molar-refractivity contribution is 5.43. The van der Waals surface area contributed by atoms with Gasteiger partial charge in [0.2, 0.25) is 0 Å². The van der Waals surface area contributed by atoms with Gasteiger partial charge in [-0.3, -0.25) is 15.1 Å². The molecule has 0 fully saturated rings. The van der Waals surface area contributed by atoms with E-state index in [1.54, 1.807) is 0 Å². The molecule has 0 aliphatic heterocycles. The Morgan fingerprint density at radius 1 is 1.53 bits per heavy atom.